The zero-order chi connectivity index (χ0) is 15.8. The maximum absolute atomic E-state index is 12.4. The van der Waals surface area contributed by atoms with E-state index in [1.165, 1.54) is 0 Å². The first-order valence-corrected chi connectivity index (χ1v) is 7.40. The van der Waals surface area contributed by atoms with Crippen molar-refractivity contribution in [2.24, 2.45) is 0 Å². The molecule has 0 radical (unpaired) electrons. The minimum atomic E-state index is -0.354. The van der Waals surface area contributed by atoms with Gasteiger partial charge in [-0.25, -0.2) is 5.10 Å². The van der Waals surface area contributed by atoms with E-state index in [1.54, 1.807) is 24.3 Å². The van der Waals surface area contributed by atoms with Crippen LogP contribution in [0.5, 0.6) is 0 Å². The molecule has 8 heteroatoms. The molecule has 2 N–H and O–H groups in total. The van der Waals surface area contributed by atoms with Gasteiger partial charge in [-0.2, -0.15) is 5.10 Å². The molecule has 1 aliphatic heterocycles. The van der Waals surface area contributed by atoms with Crippen molar-refractivity contribution >= 4 is 16.7 Å². The van der Waals surface area contributed by atoms with Crippen LogP contribution in [0.2, 0.25) is 0 Å². The van der Waals surface area contributed by atoms with Gasteiger partial charge in [-0.3, -0.25) is 9.59 Å². The molecule has 116 valence electrons. The third-order valence-electron chi connectivity index (χ3n) is 4.00. The minimum Gasteiger partial charge on any atom is -0.343 e. The minimum absolute atomic E-state index is 0.196. The van der Waals surface area contributed by atoms with Gasteiger partial charge in [0, 0.05) is 18.4 Å². The second-order valence-electron chi connectivity index (χ2n) is 5.42. The number of carbonyl (C=O) groups excluding carboxylic acids is 1. The van der Waals surface area contributed by atoms with Crippen LogP contribution in [-0.4, -0.2) is 30.9 Å². The van der Waals surface area contributed by atoms with Crippen LogP contribution < -0.4 is 10.9 Å². The molecule has 0 aliphatic carbocycles. The van der Waals surface area contributed by atoms with Gasteiger partial charge in [0.25, 0.3) is 11.5 Å². The van der Waals surface area contributed by atoms with Gasteiger partial charge < -0.3 is 9.88 Å². The van der Waals surface area contributed by atoms with E-state index >= 15 is 0 Å². The zero-order valence-corrected chi connectivity index (χ0v) is 12.2. The van der Waals surface area contributed by atoms with Gasteiger partial charge >= 0.3 is 0 Å². The Morgan fingerprint density at radius 2 is 2.09 bits per heavy atom. The predicted molar refractivity (Wildman–Crippen MR) is 81.9 cm³/mol. The Kier molecular flexibility index (Phi) is 3.14. The Labute approximate surface area is 130 Å². The summed E-state index contributed by atoms with van der Waals surface area (Å²) in [5, 5.41) is 18.2. The quantitative estimate of drug-likeness (QED) is 0.728. The Hall–Kier alpha value is -3.03. The molecule has 8 nitrogen and oxygen atoms in total. The first-order valence-electron chi connectivity index (χ1n) is 7.40. The largest absolute Gasteiger partial charge is 0.343 e. The number of aryl methyl sites for hydroxylation is 1. The smallest absolute Gasteiger partial charge is 0.272 e. The van der Waals surface area contributed by atoms with Gasteiger partial charge in [-0.05, 0) is 12.5 Å². The third kappa shape index (κ3) is 2.28. The molecule has 1 amide bonds. The van der Waals surface area contributed by atoms with Crippen LogP contribution in [0.15, 0.2) is 29.1 Å². The van der Waals surface area contributed by atoms with Crippen molar-refractivity contribution in [2.75, 3.05) is 0 Å². The number of aromatic amines is 1. The lowest BCUT2D eigenvalue weighted by atomic mass is 10.1. The Balaban J connectivity index is 1.60. The highest BCUT2D eigenvalue weighted by Gasteiger charge is 2.19. The third-order valence-corrected chi connectivity index (χ3v) is 4.00. The summed E-state index contributed by atoms with van der Waals surface area (Å²) in [6.45, 7) is 1.16. The number of hydrogen-bond acceptors (Lipinski definition) is 5. The van der Waals surface area contributed by atoms with E-state index in [2.05, 4.69) is 25.7 Å². The van der Waals surface area contributed by atoms with E-state index < -0.39 is 0 Å². The van der Waals surface area contributed by atoms with Crippen LogP contribution in [0.4, 0.5) is 0 Å². The van der Waals surface area contributed by atoms with E-state index in [0.717, 1.165) is 31.0 Å². The van der Waals surface area contributed by atoms with E-state index in [-0.39, 0.29) is 23.7 Å². The topological polar surface area (TPSA) is 106 Å². The van der Waals surface area contributed by atoms with Gasteiger partial charge in [0.05, 0.1) is 11.9 Å². The first-order chi connectivity index (χ1) is 11.2. The lowest BCUT2D eigenvalue weighted by molar-refractivity contribution is 0.0945. The number of nitrogens with zero attached hydrogens (tertiary/aromatic N) is 4. The molecule has 2 aromatic heterocycles. The lowest BCUT2D eigenvalue weighted by Crippen LogP contribution is -2.27. The summed E-state index contributed by atoms with van der Waals surface area (Å²) in [6, 6.07) is 6.89. The summed E-state index contributed by atoms with van der Waals surface area (Å²) >= 11 is 0. The molecule has 1 aliphatic rings. The molecule has 3 aromatic rings. The zero-order valence-electron chi connectivity index (χ0n) is 12.2. The molecular weight excluding hydrogens is 296 g/mol. The Morgan fingerprint density at radius 3 is 2.96 bits per heavy atom. The fourth-order valence-corrected chi connectivity index (χ4v) is 2.87. The van der Waals surface area contributed by atoms with E-state index in [9.17, 15) is 9.59 Å². The molecule has 0 unspecified atom stereocenters. The molecular formula is C15H14N6O2. The fourth-order valence-electron chi connectivity index (χ4n) is 2.87. The second-order valence-corrected chi connectivity index (χ2v) is 5.42. The predicted octanol–water partition coefficient (Wildman–Crippen LogP) is 0.391. The summed E-state index contributed by atoms with van der Waals surface area (Å²) in [5.41, 5.74) is -0.117. The Bertz CT molecular complexity index is 958. The fraction of sp³-hybridized carbons (Fsp3) is 0.267. The lowest BCUT2D eigenvalue weighted by Gasteiger charge is -2.07. The van der Waals surface area contributed by atoms with Crippen molar-refractivity contribution in [3.8, 4) is 0 Å². The van der Waals surface area contributed by atoms with Crippen LogP contribution in [0.1, 0.15) is 28.6 Å². The van der Waals surface area contributed by atoms with Crippen LogP contribution in [-0.2, 0) is 19.5 Å². The standard InChI is InChI=1S/C15H14N6O2/c22-14-10-5-2-1-4-9(10)13(19-20-14)15(23)16-8-12-18-17-11-6-3-7-21(11)12/h1-2,4-5H,3,6-8H2,(H,16,23)(H,20,22). The normalized spacial score (nSPS) is 13.2. The van der Waals surface area contributed by atoms with Crippen molar-refractivity contribution in [3.63, 3.8) is 0 Å². The molecule has 23 heavy (non-hydrogen) atoms. The molecule has 3 heterocycles. The molecule has 0 atom stereocenters. The molecule has 1 aromatic carbocycles. The van der Waals surface area contributed by atoms with E-state index in [4.69, 9.17) is 0 Å². The van der Waals surface area contributed by atoms with Gasteiger partial charge in [0.2, 0.25) is 0 Å². The van der Waals surface area contributed by atoms with Gasteiger partial charge in [0.1, 0.15) is 5.82 Å². The highest BCUT2D eigenvalue weighted by molar-refractivity contribution is 6.04. The van der Waals surface area contributed by atoms with E-state index in [0.29, 0.717) is 10.8 Å². The molecule has 0 bridgehead atoms. The number of amides is 1. The van der Waals surface area contributed by atoms with Crippen molar-refractivity contribution < 1.29 is 4.79 Å². The second kappa shape index (κ2) is 5.31. The maximum atomic E-state index is 12.4. The Morgan fingerprint density at radius 1 is 1.26 bits per heavy atom. The summed E-state index contributed by atoms with van der Waals surface area (Å²) in [5.74, 6) is 1.34. The maximum Gasteiger partial charge on any atom is 0.272 e. The van der Waals surface area contributed by atoms with Crippen LogP contribution in [0.3, 0.4) is 0 Å². The number of nitrogens with one attached hydrogen (secondary N) is 2. The monoisotopic (exact) mass is 310 g/mol. The number of benzene rings is 1. The summed E-state index contributed by atoms with van der Waals surface area (Å²) < 4.78 is 2.03. The number of H-pyrrole nitrogens is 1. The van der Waals surface area contributed by atoms with Crippen LogP contribution >= 0.6 is 0 Å². The van der Waals surface area contributed by atoms with Crippen molar-refractivity contribution in [1.29, 1.82) is 0 Å². The summed E-state index contributed by atoms with van der Waals surface area (Å²) in [4.78, 5) is 24.2. The van der Waals surface area contributed by atoms with Crippen molar-refractivity contribution in [1.82, 2.24) is 30.3 Å². The van der Waals surface area contributed by atoms with Gasteiger partial charge in [-0.15, -0.1) is 10.2 Å². The average Bonchev–Trinajstić information content (AvgIpc) is 3.17. The number of fused-ring (bicyclic) bond motifs is 2. The van der Waals surface area contributed by atoms with Crippen LogP contribution in [0, 0.1) is 0 Å². The van der Waals surface area contributed by atoms with Crippen molar-refractivity contribution in [3.05, 3.63) is 52.0 Å². The SMILES string of the molecule is O=C(NCc1nnc2n1CCC2)c1n[nH]c(=O)c2ccccc12. The van der Waals surface area contributed by atoms with E-state index in [1.807, 2.05) is 4.57 Å². The van der Waals surface area contributed by atoms with Gasteiger partial charge in [-0.1, -0.05) is 18.2 Å². The molecule has 0 saturated carbocycles. The molecule has 4 rings (SSSR count). The summed E-state index contributed by atoms with van der Waals surface area (Å²) in [7, 11) is 0. The highest BCUT2D eigenvalue weighted by Crippen LogP contribution is 2.15. The molecule has 0 saturated heterocycles. The molecule has 0 fully saturated rings. The summed E-state index contributed by atoms with van der Waals surface area (Å²) in [6.07, 6.45) is 1.98. The number of carbonyl (C=O) groups is 1. The molecule has 0 spiro atoms. The van der Waals surface area contributed by atoms with Crippen molar-refractivity contribution in [2.45, 2.75) is 25.9 Å². The highest BCUT2D eigenvalue weighted by atomic mass is 16.2. The van der Waals surface area contributed by atoms with Crippen LogP contribution in [0.25, 0.3) is 10.8 Å². The number of hydrogen-bond donors (Lipinski definition) is 2. The average molecular weight is 310 g/mol. The van der Waals surface area contributed by atoms with Gasteiger partial charge in [0.15, 0.2) is 11.5 Å². The first kappa shape index (κ1) is 13.6. The number of rotatable bonds is 3. The number of aromatic nitrogens is 5.